The van der Waals surface area contributed by atoms with Gasteiger partial charge in [-0.05, 0) is 38.3 Å². The molecule has 1 amide bonds. The van der Waals surface area contributed by atoms with Crippen LogP contribution >= 0.6 is 0 Å². The highest BCUT2D eigenvalue weighted by molar-refractivity contribution is 6.02. The largest absolute Gasteiger partial charge is 0.328 e. The predicted octanol–water partition coefficient (Wildman–Crippen LogP) is 2.61. The van der Waals surface area contributed by atoms with Gasteiger partial charge in [0.25, 0.3) is 5.91 Å². The summed E-state index contributed by atoms with van der Waals surface area (Å²) in [6.07, 6.45) is 2.87. The maximum Gasteiger partial charge on any atom is 0.279 e. The van der Waals surface area contributed by atoms with Gasteiger partial charge in [-0.15, -0.1) is 0 Å². The van der Waals surface area contributed by atoms with Crippen LogP contribution in [0.25, 0.3) is 10.9 Å². The zero-order valence-electron chi connectivity index (χ0n) is 15.4. The lowest BCUT2D eigenvalue weighted by molar-refractivity contribution is -0.888. The predicted molar refractivity (Wildman–Crippen MR) is 101 cm³/mol. The summed E-state index contributed by atoms with van der Waals surface area (Å²) in [5.41, 5.74) is 4.22. The summed E-state index contributed by atoms with van der Waals surface area (Å²) in [6.45, 7) is 11.0. The summed E-state index contributed by atoms with van der Waals surface area (Å²) < 4.78 is 0. The SMILES string of the molecule is CCCc1nc2ccccc2c(NC(=O)C[NH+](CC)CC)c1CC. The van der Waals surface area contributed by atoms with Gasteiger partial charge in [0.05, 0.1) is 24.3 Å². The number of benzene rings is 1. The molecule has 24 heavy (non-hydrogen) atoms. The molecule has 4 heteroatoms. The molecule has 0 saturated heterocycles. The molecule has 1 aromatic carbocycles. The molecule has 2 aromatic rings. The number of likely N-dealkylation sites (N-methyl/N-ethyl adjacent to an activating group) is 1. The smallest absolute Gasteiger partial charge is 0.279 e. The first-order valence-electron chi connectivity index (χ1n) is 9.18. The summed E-state index contributed by atoms with van der Waals surface area (Å²) in [5, 5.41) is 4.24. The number of hydrogen-bond donors (Lipinski definition) is 2. The van der Waals surface area contributed by atoms with Crippen LogP contribution in [0.15, 0.2) is 24.3 Å². The third-order valence-corrected chi connectivity index (χ3v) is 4.59. The van der Waals surface area contributed by atoms with Crippen LogP contribution in [0, 0.1) is 0 Å². The zero-order chi connectivity index (χ0) is 17.5. The van der Waals surface area contributed by atoms with E-state index in [-0.39, 0.29) is 5.91 Å². The van der Waals surface area contributed by atoms with Crippen molar-refractivity contribution >= 4 is 22.5 Å². The van der Waals surface area contributed by atoms with Crippen LogP contribution in [0.4, 0.5) is 5.69 Å². The number of amides is 1. The highest BCUT2D eigenvalue weighted by Crippen LogP contribution is 2.29. The summed E-state index contributed by atoms with van der Waals surface area (Å²) in [7, 11) is 0. The van der Waals surface area contributed by atoms with Gasteiger partial charge in [-0.3, -0.25) is 9.78 Å². The van der Waals surface area contributed by atoms with Crippen LogP contribution in [0.3, 0.4) is 0 Å². The van der Waals surface area contributed by atoms with Crippen molar-refractivity contribution in [3.63, 3.8) is 0 Å². The van der Waals surface area contributed by atoms with Gasteiger partial charge < -0.3 is 10.2 Å². The van der Waals surface area contributed by atoms with E-state index < -0.39 is 0 Å². The van der Waals surface area contributed by atoms with E-state index in [0.717, 1.165) is 54.6 Å². The Morgan fingerprint density at radius 1 is 1.12 bits per heavy atom. The van der Waals surface area contributed by atoms with Gasteiger partial charge in [0.1, 0.15) is 0 Å². The number of quaternary nitrogens is 1. The van der Waals surface area contributed by atoms with Crippen molar-refractivity contribution < 1.29 is 9.69 Å². The monoisotopic (exact) mass is 328 g/mol. The third kappa shape index (κ3) is 4.12. The fourth-order valence-corrected chi connectivity index (χ4v) is 3.18. The van der Waals surface area contributed by atoms with Crippen molar-refractivity contribution in [1.82, 2.24) is 4.98 Å². The Morgan fingerprint density at radius 3 is 2.46 bits per heavy atom. The van der Waals surface area contributed by atoms with Gasteiger partial charge in [-0.2, -0.15) is 0 Å². The Bertz CT molecular complexity index is 693. The number of rotatable bonds is 8. The zero-order valence-corrected chi connectivity index (χ0v) is 15.4. The second-order valence-electron chi connectivity index (χ2n) is 6.21. The fourth-order valence-electron chi connectivity index (χ4n) is 3.18. The van der Waals surface area contributed by atoms with Gasteiger partial charge in [0.15, 0.2) is 6.54 Å². The van der Waals surface area contributed by atoms with E-state index in [1.165, 1.54) is 10.5 Å². The molecule has 0 aliphatic heterocycles. The molecule has 130 valence electrons. The van der Waals surface area contributed by atoms with Crippen molar-refractivity contribution in [1.29, 1.82) is 0 Å². The van der Waals surface area contributed by atoms with Crippen molar-refractivity contribution in [2.24, 2.45) is 0 Å². The molecule has 0 atom stereocenters. The summed E-state index contributed by atoms with van der Waals surface area (Å²) in [5.74, 6) is 0.0854. The molecular formula is C20H30N3O+. The highest BCUT2D eigenvalue weighted by Gasteiger charge is 2.17. The molecule has 0 radical (unpaired) electrons. The Balaban J connectivity index is 2.44. The highest BCUT2D eigenvalue weighted by atomic mass is 16.2. The number of aromatic nitrogens is 1. The van der Waals surface area contributed by atoms with E-state index >= 15 is 0 Å². The molecule has 0 aliphatic carbocycles. The molecule has 2 rings (SSSR count). The summed E-state index contributed by atoms with van der Waals surface area (Å²) >= 11 is 0. The van der Waals surface area contributed by atoms with Crippen LogP contribution < -0.4 is 10.2 Å². The molecular weight excluding hydrogens is 298 g/mol. The lowest BCUT2D eigenvalue weighted by atomic mass is 10.0. The molecule has 0 fully saturated rings. The van der Waals surface area contributed by atoms with Crippen molar-refractivity contribution in [3.05, 3.63) is 35.5 Å². The average molecular weight is 328 g/mol. The Labute approximate surface area is 145 Å². The number of nitrogens with one attached hydrogen (secondary N) is 2. The second kappa shape index (κ2) is 8.78. The number of carbonyl (C=O) groups is 1. The van der Waals surface area contributed by atoms with E-state index in [1.54, 1.807) is 0 Å². The minimum absolute atomic E-state index is 0.0854. The topological polar surface area (TPSA) is 46.4 Å². The molecule has 1 heterocycles. The van der Waals surface area contributed by atoms with E-state index in [0.29, 0.717) is 6.54 Å². The lowest BCUT2D eigenvalue weighted by Crippen LogP contribution is -3.12. The molecule has 0 aliphatic rings. The first kappa shape index (κ1) is 18.4. The number of pyridine rings is 1. The molecule has 0 bridgehead atoms. The van der Waals surface area contributed by atoms with Crippen molar-refractivity contribution in [2.75, 3.05) is 25.0 Å². The molecule has 0 unspecified atom stereocenters. The normalized spacial score (nSPS) is 11.2. The maximum absolute atomic E-state index is 12.6. The van der Waals surface area contributed by atoms with E-state index in [9.17, 15) is 4.79 Å². The van der Waals surface area contributed by atoms with Gasteiger partial charge >= 0.3 is 0 Å². The average Bonchev–Trinajstić information content (AvgIpc) is 2.60. The molecule has 2 N–H and O–H groups in total. The minimum Gasteiger partial charge on any atom is -0.328 e. The summed E-state index contributed by atoms with van der Waals surface area (Å²) in [4.78, 5) is 18.7. The summed E-state index contributed by atoms with van der Waals surface area (Å²) in [6, 6.07) is 8.09. The number of carbonyl (C=O) groups excluding carboxylic acids is 1. The third-order valence-electron chi connectivity index (χ3n) is 4.59. The number of aryl methyl sites for hydroxylation is 1. The lowest BCUT2D eigenvalue weighted by Gasteiger charge is -2.19. The second-order valence-corrected chi connectivity index (χ2v) is 6.21. The van der Waals surface area contributed by atoms with Gasteiger partial charge in [0.2, 0.25) is 0 Å². The van der Waals surface area contributed by atoms with Crippen LogP contribution in [0.2, 0.25) is 0 Å². The fraction of sp³-hybridized carbons (Fsp3) is 0.500. The Kier molecular flexibility index (Phi) is 6.73. The maximum atomic E-state index is 12.6. The van der Waals surface area contributed by atoms with Gasteiger partial charge in [-0.1, -0.05) is 38.5 Å². The van der Waals surface area contributed by atoms with E-state index in [1.807, 2.05) is 18.2 Å². The number of fused-ring (bicyclic) bond motifs is 1. The van der Waals surface area contributed by atoms with Crippen molar-refractivity contribution in [3.8, 4) is 0 Å². The Hall–Kier alpha value is -1.94. The van der Waals surface area contributed by atoms with Gasteiger partial charge in [0, 0.05) is 11.1 Å². The Morgan fingerprint density at radius 2 is 1.83 bits per heavy atom. The van der Waals surface area contributed by atoms with Crippen LogP contribution in [-0.4, -0.2) is 30.5 Å². The van der Waals surface area contributed by atoms with Crippen LogP contribution in [-0.2, 0) is 17.6 Å². The van der Waals surface area contributed by atoms with E-state index in [4.69, 9.17) is 4.98 Å². The molecule has 0 spiro atoms. The van der Waals surface area contributed by atoms with Crippen LogP contribution in [0.1, 0.15) is 45.4 Å². The van der Waals surface area contributed by atoms with Crippen LogP contribution in [0.5, 0.6) is 0 Å². The first-order valence-corrected chi connectivity index (χ1v) is 9.18. The van der Waals surface area contributed by atoms with Gasteiger partial charge in [-0.25, -0.2) is 0 Å². The molecule has 1 aromatic heterocycles. The molecule has 4 nitrogen and oxygen atoms in total. The standard InChI is InChI=1S/C20H29N3O/c1-5-11-17-15(6-2)20(16-12-9-10-13-18(16)21-17)22-19(24)14-23(7-3)8-4/h9-10,12-13H,5-8,11,14H2,1-4H3,(H,21,22,24)/p+1. The number of nitrogens with zero attached hydrogens (tertiary/aromatic N) is 1. The number of hydrogen-bond acceptors (Lipinski definition) is 2. The number of anilines is 1. The first-order chi connectivity index (χ1) is 11.6. The van der Waals surface area contributed by atoms with E-state index in [2.05, 4.69) is 39.1 Å². The minimum atomic E-state index is 0.0854. The number of para-hydroxylation sites is 1. The quantitative estimate of drug-likeness (QED) is 0.782. The van der Waals surface area contributed by atoms with Crippen molar-refractivity contribution in [2.45, 2.75) is 47.0 Å². The molecule has 0 saturated carbocycles.